The van der Waals surface area contributed by atoms with Crippen molar-refractivity contribution >= 4 is 17.3 Å². The number of hydrogen-bond donors (Lipinski definition) is 1. The van der Waals surface area contributed by atoms with Crippen LogP contribution in [-0.2, 0) is 11.3 Å². The number of hydrogen-bond acceptors (Lipinski definition) is 6. The van der Waals surface area contributed by atoms with Gasteiger partial charge in [-0.05, 0) is 42.0 Å². The molecule has 28 heavy (non-hydrogen) atoms. The van der Waals surface area contributed by atoms with Crippen molar-refractivity contribution in [2.24, 2.45) is 0 Å². The maximum atomic E-state index is 12.2. The van der Waals surface area contributed by atoms with E-state index in [0.29, 0.717) is 22.7 Å². The van der Waals surface area contributed by atoms with Crippen molar-refractivity contribution in [3.8, 4) is 11.5 Å². The van der Waals surface area contributed by atoms with Crippen LogP contribution in [-0.4, -0.2) is 17.9 Å². The van der Waals surface area contributed by atoms with Crippen molar-refractivity contribution in [3.05, 3.63) is 94.0 Å². The molecule has 0 aliphatic carbocycles. The van der Waals surface area contributed by atoms with Crippen molar-refractivity contribution in [1.29, 1.82) is 0 Å². The summed E-state index contributed by atoms with van der Waals surface area (Å²) in [6, 6.07) is 20.0. The van der Waals surface area contributed by atoms with Gasteiger partial charge < -0.3 is 14.8 Å². The van der Waals surface area contributed by atoms with Gasteiger partial charge in [-0.1, -0.05) is 24.3 Å². The second-order valence-corrected chi connectivity index (χ2v) is 5.87. The Morgan fingerprint density at radius 2 is 1.57 bits per heavy atom. The minimum Gasteiger partial charge on any atom is -0.457 e. The first-order chi connectivity index (χ1) is 13.6. The second-order valence-electron chi connectivity index (χ2n) is 5.87. The summed E-state index contributed by atoms with van der Waals surface area (Å²) < 4.78 is 11.0. The predicted molar refractivity (Wildman–Crippen MR) is 105 cm³/mol. The molecular formula is C21H18N2O5. The van der Waals surface area contributed by atoms with Gasteiger partial charge in [-0.3, -0.25) is 10.1 Å². The number of nitro groups is 1. The summed E-state index contributed by atoms with van der Waals surface area (Å²) in [5.41, 5.74) is 2.00. The zero-order valence-electron chi connectivity index (χ0n) is 15.1. The molecule has 3 aromatic rings. The van der Waals surface area contributed by atoms with Gasteiger partial charge in [0.05, 0.1) is 10.5 Å². The maximum absolute atomic E-state index is 12.2. The van der Waals surface area contributed by atoms with Crippen molar-refractivity contribution in [3.63, 3.8) is 0 Å². The fraction of sp³-hybridized carbons (Fsp3) is 0.0952. The Morgan fingerprint density at radius 1 is 0.964 bits per heavy atom. The molecule has 3 rings (SSSR count). The lowest BCUT2D eigenvalue weighted by atomic mass is 10.2. The van der Waals surface area contributed by atoms with Gasteiger partial charge >= 0.3 is 5.97 Å². The van der Waals surface area contributed by atoms with Crippen LogP contribution in [0.15, 0.2) is 72.8 Å². The number of non-ortho nitro benzene ring substituents is 1. The van der Waals surface area contributed by atoms with Gasteiger partial charge in [0.25, 0.3) is 5.69 Å². The minimum absolute atomic E-state index is 0.00404. The van der Waals surface area contributed by atoms with E-state index in [-0.39, 0.29) is 12.3 Å². The smallest absolute Gasteiger partial charge is 0.340 e. The van der Waals surface area contributed by atoms with E-state index in [1.807, 2.05) is 6.07 Å². The molecule has 0 saturated heterocycles. The van der Waals surface area contributed by atoms with Crippen LogP contribution in [0, 0.1) is 10.1 Å². The summed E-state index contributed by atoms with van der Waals surface area (Å²) in [5, 5.41) is 13.6. The number of nitrogens with one attached hydrogen (secondary N) is 1. The number of anilines is 1. The normalized spacial score (nSPS) is 10.2. The summed E-state index contributed by atoms with van der Waals surface area (Å²) in [6.45, 7) is 0.134. The second kappa shape index (κ2) is 8.68. The van der Waals surface area contributed by atoms with E-state index < -0.39 is 10.9 Å². The topological polar surface area (TPSA) is 90.7 Å². The molecule has 0 bridgehead atoms. The van der Waals surface area contributed by atoms with Crippen LogP contribution in [0.2, 0.25) is 0 Å². The highest BCUT2D eigenvalue weighted by Gasteiger charge is 2.11. The Morgan fingerprint density at radius 3 is 2.18 bits per heavy atom. The lowest BCUT2D eigenvalue weighted by Crippen LogP contribution is -2.08. The van der Waals surface area contributed by atoms with Gasteiger partial charge in [0, 0.05) is 24.9 Å². The molecule has 142 valence electrons. The van der Waals surface area contributed by atoms with E-state index in [4.69, 9.17) is 9.47 Å². The van der Waals surface area contributed by atoms with Gasteiger partial charge in [0.15, 0.2) is 0 Å². The number of benzene rings is 3. The number of esters is 1. The molecule has 0 fully saturated rings. The molecule has 0 aliphatic rings. The fourth-order valence-corrected chi connectivity index (χ4v) is 2.53. The first kappa shape index (κ1) is 18.9. The zero-order chi connectivity index (χ0) is 19.9. The van der Waals surface area contributed by atoms with Crippen LogP contribution in [0.5, 0.6) is 11.5 Å². The monoisotopic (exact) mass is 378 g/mol. The van der Waals surface area contributed by atoms with Crippen LogP contribution in [0.4, 0.5) is 11.4 Å². The quantitative estimate of drug-likeness (QED) is 0.361. The molecule has 7 heteroatoms. The number of carbonyl (C=O) groups is 1. The standard InChI is InChI=1S/C21H18N2O5/c1-22-20-5-3-2-4-19(20)21(24)27-14-15-6-10-17(11-7-15)28-18-12-8-16(9-13-18)23(25)26/h2-13,22H,14H2,1H3. The van der Waals surface area contributed by atoms with Gasteiger partial charge in [-0.2, -0.15) is 0 Å². The van der Waals surface area contributed by atoms with Gasteiger partial charge in [-0.15, -0.1) is 0 Å². The van der Waals surface area contributed by atoms with Crippen molar-refractivity contribution in [2.75, 3.05) is 12.4 Å². The first-order valence-electron chi connectivity index (χ1n) is 8.52. The van der Waals surface area contributed by atoms with Crippen LogP contribution in [0.1, 0.15) is 15.9 Å². The fourth-order valence-electron chi connectivity index (χ4n) is 2.53. The van der Waals surface area contributed by atoms with Gasteiger partial charge in [-0.25, -0.2) is 4.79 Å². The lowest BCUT2D eigenvalue weighted by molar-refractivity contribution is -0.384. The number of nitro benzene ring substituents is 1. The van der Waals surface area contributed by atoms with Gasteiger partial charge in [0.1, 0.15) is 18.1 Å². The molecule has 0 saturated carbocycles. The molecule has 0 aliphatic heterocycles. The van der Waals surface area contributed by atoms with E-state index in [0.717, 1.165) is 5.56 Å². The minimum atomic E-state index is -0.463. The molecular weight excluding hydrogens is 360 g/mol. The van der Waals surface area contributed by atoms with Crippen molar-refractivity contribution in [1.82, 2.24) is 0 Å². The van der Waals surface area contributed by atoms with E-state index in [9.17, 15) is 14.9 Å². The molecule has 0 aromatic heterocycles. The highest BCUT2D eigenvalue weighted by Crippen LogP contribution is 2.24. The Hall–Kier alpha value is -3.87. The van der Waals surface area contributed by atoms with E-state index >= 15 is 0 Å². The van der Waals surface area contributed by atoms with Crippen LogP contribution in [0.25, 0.3) is 0 Å². The molecule has 3 aromatic carbocycles. The highest BCUT2D eigenvalue weighted by molar-refractivity contribution is 5.95. The summed E-state index contributed by atoms with van der Waals surface area (Å²) >= 11 is 0. The average molecular weight is 378 g/mol. The summed E-state index contributed by atoms with van der Waals surface area (Å²) in [4.78, 5) is 22.5. The number of nitrogens with zero attached hydrogens (tertiary/aromatic N) is 1. The number of para-hydroxylation sites is 1. The predicted octanol–water partition coefficient (Wildman–Crippen LogP) is 4.79. The Kier molecular flexibility index (Phi) is 5.86. The molecule has 0 radical (unpaired) electrons. The third kappa shape index (κ3) is 4.64. The Labute approximate surface area is 161 Å². The highest BCUT2D eigenvalue weighted by atomic mass is 16.6. The third-order valence-electron chi connectivity index (χ3n) is 3.99. The van der Waals surface area contributed by atoms with Crippen molar-refractivity contribution in [2.45, 2.75) is 6.61 Å². The number of rotatable bonds is 7. The van der Waals surface area contributed by atoms with Crippen LogP contribution >= 0.6 is 0 Å². The number of ether oxygens (including phenoxy) is 2. The van der Waals surface area contributed by atoms with Crippen molar-refractivity contribution < 1.29 is 19.2 Å². The largest absolute Gasteiger partial charge is 0.457 e. The summed E-state index contributed by atoms with van der Waals surface area (Å²) in [6.07, 6.45) is 0. The van der Waals surface area contributed by atoms with Crippen LogP contribution in [0.3, 0.4) is 0 Å². The lowest BCUT2D eigenvalue weighted by Gasteiger charge is -2.10. The SMILES string of the molecule is CNc1ccccc1C(=O)OCc1ccc(Oc2ccc([N+](=O)[O-])cc2)cc1. The molecule has 0 amide bonds. The molecule has 0 unspecified atom stereocenters. The molecule has 0 spiro atoms. The molecule has 1 N–H and O–H groups in total. The third-order valence-corrected chi connectivity index (χ3v) is 3.99. The zero-order valence-corrected chi connectivity index (χ0v) is 15.1. The maximum Gasteiger partial charge on any atom is 0.340 e. The van der Waals surface area contributed by atoms with E-state index in [2.05, 4.69) is 5.32 Å². The van der Waals surface area contributed by atoms with E-state index in [1.54, 1.807) is 49.5 Å². The first-order valence-corrected chi connectivity index (χ1v) is 8.52. The average Bonchev–Trinajstić information content (AvgIpc) is 2.73. The Balaban J connectivity index is 1.58. The Bertz CT molecular complexity index is 969. The molecule has 0 atom stereocenters. The molecule has 0 heterocycles. The summed E-state index contributed by atoms with van der Waals surface area (Å²) in [7, 11) is 1.75. The van der Waals surface area contributed by atoms with Crippen LogP contribution < -0.4 is 10.1 Å². The number of carbonyl (C=O) groups excluding carboxylic acids is 1. The summed E-state index contributed by atoms with van der Waals surface area (Å²) in [5.74, 6) is 0.661. The van der Waals surface area contributed by atoms with E-state index in [1.165, 1.54) is 24.3 Å². The van der Waals surface area contributed by atoms with Gasteiger partial charge in [0.2, 0.25) is 0 Å². The molecule has 7 nitrogen and oxygen atoms in total.